The lowest BCUT2D eigenvalue weighted by Crippen LogP contribution is -2.15. The molecule has 3 rings (SSSR count). The molecule has 0 bridgehead atoms. The third kappa shape index (κ3) is 5.01. The van der Waals surface area contributed by atoms with Crippen LogP contribution >= 0.6 is 0 Å². The highest BCUT2D eigenvalue weighted by molar-refractivity contribution is 6.02. The van der Waals surface area contributed by atoms with Gasteiger partial charge in [0.05, 0.1) is 19.5 Å². The molecule has 1 amide bonds. The summed E-state index contributed by atoms with van der Waals surface area (Å²) in [4.78, 5) is 20.5. The van der Waals surface area contributed by atoms with Crippen LogP contribution in [0.3, 0.4) is 0 Å². The van der Waals surface area contributed by atoms with Crippen molar-refractivity contribution in [3.63, 3.8) is 0 Å². The largest absolute Gasteiger partial charge is 0.497 e. The molecular weight excluding hydrogens is 347 g/mol. The van der Waals surface area contributed by atoms with Gasteiger partial charge in [-0.3, -0.25) is 4.79 Å². The van der Waals surface area contributed by atoms with Crippen LogP contribution in [-0.4, -0.2) is 29.5 Å². The lowest BCUT2D eigenvalue weighted by atomic mass is 10.1. The van der Waals surface area contributed by atoms with E-state index < -0.39 is 0 Å². The van der Waals surface area contributed by atoms with Crippen LogP contribution in [0.25, 0.3) is 0 Å². The minimum atomic E-state index is -0.367. The summed E-state index contributed by atoms with van der Waals surface area (Å²) in [5.41, 5.74) is 1.43. The first-order valence-corrected chi connectivity index (χ1v) is 8.40. The van der Waals surface area contributed by atoms with Gasteiger partial charge >= 0.3 is 0 Å². The Hall–Kier alpha value is -3.48. The van der Waals surface area contributed by atoms with E-state index in [1.54, 1.807) is 49.6 Å². The number of amides is 1. The second-order valence-electron chi connectivity index (χ2n) is 5.74. The van der Waals surface area contributed by atoms with Gasteiger partial charge in [0.15, 0.2) is 0 Å². The molecule has 1 aromatic heterocycles. The zero-order valence-electron chi connectivity index (χ0n) is 14.8. The first-order valence-electron chi connectivity index (χ1n) is 8.40. The van der Waals surface area contributed by atoms with Gasteiger partial charge in [0.2, 0.25) is 0 Å². The summed E-state index contributed by atoms with van der Waals surface area (Å²) in [7, 11) is 1.56. The lowest BCUT2D eigenvalue weighted by molar-refractivity contribution is 0.102. The number of rotatable bonds is 7. The Morgan fingerprint density at radius 1 is 1.11 bits per heavy atom. The number of anilines is 2. The average Bonchev–Trinajstić information content (AvgIpc) is 2.70. The van der Waals surface area contributed by atoms with E-state index >= 15 is 0 Å². The van der Waals surface area contributed by atoms with E-state index in [-0.39, 0.29) is 17.4 Å². The maximum absolute atomic E-state index is 13.6. The molecule has 2 aromatic carbocycles. The molecule has 2 N–H and O–H groups in total. The number of nitrogens with one attached hydrogen (secondary N) is 2. The number of carbonyl (C=O) groups excluding carboxylic acids is 1. The van der Waals surface area contributed by atoms with Crippen molar-refractivity contribution in [2.24, 2.45) is 0 Å². The number of aromatic nitrogens is 2. The molecule has 6 nitrogen and oxygen atoms in total. The molecule has 0 aliphatic heterocycles. The Morgan fingerprint density at radius 2 is 1.96 bits per heavy atom. The smallest absolute Gasteiger partial charge is 0.275 e. The summed E-state index contributed by atoms with van der Waals surface area (Å²) in [6.07, 6.45) is 3.38. The Labute approximate surface area is 156 Å². The van der Waals surface area contributed by atoms with Crippen LogP contribution in [0.15, 0.2) is 60.9 Å². The highest BCUT2D eigenvalue weighted by Crippen LogP contribution is 2.17. The lowest BCUT2D eigenvalue weighted by Gasteiger charge is -2.08. The topological polar surface area (TPSA) is 76.1 Å². The zero-order chi connectivity index (χ0) is 19.1. The Kier molecular flexibility index (Phi) is 5.94. The molecule has 0 aliphatic rings. The molecule has 0 fully saturated rings. The van der Waals surface area contributed by atoms with Crippen LogP contribution in [0.5, 0.6) is 5.75 Å². The van der Waals surface area contributed by atoms with E-state index in [0.717, 1.165) is 0 Å². The van der Waals surface area contributed by atoms with E-state index in [1.807, 2.05) is 0 Å². The summed E-state index contributed by atoms with van der Waals surface area (Å²) in [6.45, 7) is 0.505. The highest BCUT2D eigenvalue weighted by atomic mass is 19.1. The second-order valence-corrected chi connectivity index (χ2v) is 5.74. The van der Waals surface area contributed by atoms with Gasteiger partial charge in [-0.2, -0.15) is 0 Å². The fourth-order valence-electron chi connectivity index (χ4n) is 2.46. The predicted octanol–water partition coefficient (Wildman–Crippen LogP) is 3.53. The molecule has 27 heavy (non-hydrogen) atoms. The van der Waals surface area contributed by atoms with Crippen molar-refractivity contribution in [2.45, 2.75) is 6.42 Å². The van der Waals surface area contributed by atoms with Crippen molar-refractivity contribution in [2.75, 3.05) is 24.3 Å². The second kappa shape index (κ2) is 8.75. The van der Waals surface area contributed by atoms with Gasteiger partial charge in [0.25, 0.3) is 5.91 Å². The third-order valence-corrected chi connectivity index (χ3v) is 3.87. The maximum Gasteiger partial charge on any atom is 0.275 e. The van der Waals surface area contributed by atoms with Crippen molar-refractivity contribution < 1.29 is 13.9 Å². The van der Waals surface area contributed by atoms with Gasteiger partial charge in [0.1, 0.15) is 23.1 Å². The number of hydrogen-bond donors (Lipinski definition) is 2. The van der Waals surface area contributed by atoms with Crippen LogP contribution in [0.4, 0.5) is 15.9 Å². The van der Waals surface area contributed by atoms with Crippen molar-refractivity contribution in [1.82, 2.24) is 9.97 Å². The summed E-state index contributed by atoms with van der Waals surface area (Å²) in [5.74, 6) is 0.571. The van der Waals surface area contributed by atoms with Crippen LogP contribution < -0.4 is 15.4 Å². The fraction of sp³-hybridized carbons (Fsp3) is 0.150. The van der Waals surface area contributed by atoms with Gasteiger partial charge in [-0.25, -0.2) is 14.4 Å². The molecule has 3 aromatic rings. The Balaban J connectivity index is 1.54. The van der Waals surface area contributed by atoms with Gasteiger partial charge in [-0.15, -0.1) is 0 Å². The van der Waals surface area contributed by atoms with Crippen LogP contribution in [-0.2, 0) is 6.42 Å². The molecule has 0 unspecified atom stereocenters. The number of methoxy groups -OCH3 is 1. The molecule has 1 heterocycles. The highest BCUT2D eigenvalue weighted by Gasteiger charge is 2.09. The van der Waals surface area contributed by atoms with Crippen LogP contribution in [0.2, 0.25) is 0 Å². The molecule has 0 atom stereocenters. The Morgan fingerprint density at radius 3 is 2.70 bits per heavy atom. The molecule has 0 saturated heterocycles. The monoisotopic (exact) mass is 366 g/mol. The van der Waals surface area contributed by atoms with E-state index in [0.29, 0.717) is 35.8 Å². The van der Waals surface area contributed by atoms with Gasteiger partial charge in [-0.05, 0) is 30.2 Å². The number of carbonyl (C=O) groups is 1. The number of hydrogen-bond acceptors (Lipinski definition) is 5. The first kappa shape index (κ1) is 18.3. The standard InChI is InChI=1S/C20H19FN4O2/c1-27-16-7-4-6-15(11-16)25-20(26)18-12-24-19(13-23-18)22-10-9-14-5-2-3-8-17(14)21/h2-8,11-13H,9-10H2,1H3,(H,22,24)(H,25,26). The minimum Gasteiger partial charge on any atom is -0.497 e. The number of benzene rings is 2. The fourth-order valence-corrected chi connectivity index (χ4v) is 2.46. The number of ether oxygens (including phenoxy) is 1. The normalized spacial score (nSPS) is 10.3. The third-order valence-electron chi connectivity index (χ3n) is 3.87. The van der Waals surface area contributed by atoms with Crippen molar-refractivity contribution >= 4 is 17.4 Å². The van der Waals surface area contributed by atoms with Gasteiger partial charge < -0.3 is 15.4 Å². The number of nitrogens with zero attached hydrogens (tertiary/aromatic N) is 2. The maximum atomic E-state index is 13.6. The van der Waals surface area contributed by atoms with Crippen LogP contribution in [0.1, 0.15) is 16.1 Å². The zero-order valence-corrected chi connectivity index (χ0v) is 14.8. The summed E-state index contributed by atoms with van der Waals surface area (Å²) in [5, 5.41) is 5.80. The van der Waals surface area contributed by atoms with E-state index in [4.69, 9.17) is 4.74 Å². The molecular formula is C20H19FN4O2. The van der Waals surface area contributed by atoms with Crippen molar-refractivity contribution in [3.05, 3.63) is 78.0 Å². The summed E-state index contributed by atoms with van der Waals surface area (Å²) in [6, 6.07) is 13.7. The Bertz CT molecular complexity index is 916. The molecule has 0 radical (unpaired) electrons. The predicted molar refractivity (Wildman–Crippen MR) is 102 cm³/mol. The van der Waals surface area contributed by atoms with Crippen molar-refractivity contribution in [3.8, 4) is 5.75 Å². The molecule has 0 saturated carbocycles. The average molecular weight is 366 g/mol. The molecule has 7 heteroatoms. The first-order chi connectivity index (χ1) is 13.2. The minimum absolute atomic E-state index is 0.192. The van der Waals surface area contributed by atoms with Crippen molar-refractivity contribution in [1.29, 1.82) is 0 Å². The number of halogens is 1. The molecule has 138 valence electrons. The van der Waals surface area contributed by atoms with E-state index in [2.05, 4.69) is 20.6 Å². The van der Waals surface area contributed by atoms with Gasteiger partial charge in [-0.1, -0.05) is 24.3 Å². The summed E-state index contributed by atoms with van der Waals surface area (Å²) < 4.78 is 18.7. The van der Waals surface area contributed by atoms with Crippen LogP contribution in [0, 0.1) is 5.82 Å². The molecule has 0 spiro atoms. The van der Waals surface area contributed by atoms with E-state index in [9.17, 15) is 9.18 Å². The van der Waals surface area contributed by atoms with Gasteiger partial charge in [0, 0.05) is 18.3 Å². The molecule has 0 aliphatic carbocycles. The SMILES string of the molecule is COc1cccc(NC(=O)c2cnc(NCCc3ccccc3F)cn2)c1. The van der Waals surface area contributed by atoms with E-state index in [1.165, 1.54) is 18.5 Å². The quantitative estimate of drug-likeness (QED) is 0.669. The summed E-state index contributed by atoms with van der Waals surface area (Å²) >= 11 is 0.